The van der Waals surface area contributed by atoms with Crippen molar-refractivity contribution in [1.29, 1.82) is 5.26 Å². The Morgan fingerprint density at radius 3 is 2.60 bits per heavy atom. The molecule has 1 saturated carbocycles. The third-order valence-electron chi connectivity index (χ3n) is 4.15. The zero-order valence-electron chi connectivity index (χ0n) is 11.8. The third kappa shape index (κ3) is 3.61. The Labute approximate surface area is 121 Å². The molecule has 0 spiro atoms. The van der Waals surface area contributed by atoms with E-state index in [2.05, 4.69) is 13.0 Å². The average Bonchev–Trinajstić information content (AvgIpc) is 2.46. The fourth-order valence-electron chi connectivity index (χ4n) is 2.97. The average molecular weight is 291 g/mol. The van der Waals surface area contributed by atoms with Gasteiger partial charge in [0.1, 0.15) is 0 Å². The Bertz CT molecular complexity index is 574. The van der Waals surface area contributed by atoms with E-state index in [0.717, 1.165) is 31.2 Å². The highest BCUT2D eigenvalue weighted by Crippen LogP contribution is 2.30. The van der Waals surface area contributed by atoms with Gasteiger partial charge in [0, 0.05) is 0 Å². The molecule has 1 fully saturated rings. The van der Waals surface area contributed by atoms with Gasteiger partial charge in [-0.25, -0.2) is 8.42 Å². The Morgan fingerprint density at radius 2 is 2.00 bits per heavy atom. The van der Waals surface area contributed by atoms with Gasteiger partial charge in [-0.2, -0.15) is 5.26 Å². The van der Waals surface area contributed by atoms with Crippen molar-refractivity contribution >= 4 is 9.84 Å². The first kappa shape index (κ1) is 15.1. The van der Waals surface area contributed by atoms with E-state index in [1.165, 1.54) is 0 Å². The quantitative estimate of drug-likeness (QED) is 0.855. The number of nitrogens with zero attached hydrogens (tertiary/aromatic N) is 1. The van der Waals surface area contributed by atoms with Crippen LogP contribution in [-0.4, -0.2) is 19.4 Å². The van der Waals surface area contributed by atoms with E-state index >= 15 is 0 Å². The van der Waals surface area contributed by atoms with Gasteiger partial charge < -0.3 is 0 Å². The fraction of sp³-hybridized carbons (Fsp3) is 0.562. The van der Waals surface area contributed by atoms with Crippen molar-refractivity contribution in [3.63, 3.8) is 0 Å². The van der Waals surface area contributed by atoms with Crippen molar-refractivity contribution in [2.75, 3.05) is 5.75 Å². The van der Waals surface area contributed by atoms with Crippen LogP contribution in [0.4, 0.5) is 0 Å². The number of hydrogen-bond acceptors (Lipinski definition) is 3. The van der Waals surface area contributed by atoms with Crippen LogP contribution in [0.5, 0.6) is 0 Å². The lowest BCUT2D eigenvalue weighted by molar-refractivity contribution is 0.381. The zero-order valence-corrected chi connectivity index (χ0v) is 12.6. The Morgan fingerprint density at radius 1 is 1.30 bits per heavy atom. The monoisotopic (exact) mass is 291 g/mol. The lowest BCUT2D eigenvalue weighted by Crippen LogP contribution is -2.31. The second-order valence-corrected chi connectivity index (χ2v) is 8.14. The standard InChI is InChI=1S/C16H21NO2S/c1-13-6-5-9-16(10-13)20(18,19)12-15(11-17)14-7-3-2-4-8-14/h2-4,7-8,13,15-16H,5-6,9-10,12H2,1H3. The van der Waals surface area contributed by atoms with Crippen molar-refractivity contribution in [3.8, 4) is 6.07 Å². The lowest BCUT2D eigenvalue weighted by Gasteiger charge is -2.27. The smallest absolute Gasteiger partial charge is 0.154 e. The maximum atomic E-state index is 12.5. The highest BCUT2D eigenvalue weighted by Gasteiger charge is 2.32. The Balaban J connectivity index is 2.12. The molecule has 2 rings (SSSR count). The topological polar surface area (TPSA) is 57.9 Å². The first-order valence-corrected chi connectivity index (χ1v) is 8.90. The molecule has 0 aromatic heterocycles. The molecule has 0 aliphatic heterocycles. The Hall–Kier alpha value is -1.34. The molecule has 108 valence electrons. The minimum atomic E-state index is -3.20. The number of nitriles is 1. The summed E-state index contributed by atoms with van der Waals surface area (Å²) in [5.41, 5.74) is 0.794. The molecule has 0 saturated heterocycles. The molecular weight excluding hydrogens is 270 g/mol. The molecule has 0 radical (unpaired) electrons. The molecule has 3 unspecified atom stereocenters. The van der Waals surface area contributed by atoms with Crippen molar-refractivity contribution < 1.29 is 8.42 Å². The summed E-state index contributed by atoms with van der Waals surface area (Å²) in [4.78, 5) is 0. The molecule has 3 atom stereocenters. The van der Waals surface area contributed by atoms with Crippen molar-refractivity contribution in [3.05, 3.63) is 35.9 Å². The van der Waals surface area contributed by atoms with E-state index in [1.54, 1.807) is 0 Å². The van der Waals surface area contributed by atoms with Gasteiger partial charge in [0.05, 0.1) is 23.0 Å². The van der Waals surface area contributed by atoms with Gasteiger partial charge in [0.2, 0.25) is 0 Å². The SMILES string of the molecule is CC1CCCC(S(=O)(=O)CC(C#N)c2ccccc2)C1. The fourth-order valence-corrected chi connectivity index (χ4v) is 5.12. The maximum absolute atomic E-state index is 12.5. The normalized spacial score (nSPS) is 24.8. The van der Waals surface area contributed by atoms with Crippen LogP contribution < -0.4 is 0 Å². The highest BCUT2D eigenvalue weighted by molar-refractivity contribution is 7.92. The van der Waals surface area contributed by atoms with Crippen molar-refractivity contribution in [2.24, 2.45) is 5.92 Å². The summed E-state index contributed by atoms with van der Waals surface area (Å²) in [7, 11) is -3.20. The number of hydrogen-bond donors (Lipinski definition) is 0. The first-order valence-electron chi connectivity index (χ1n) is 7.19. The minimum absolute atomic E-state index is 0.0507. The molecule has 3 nitrogen and oxygen atoms in total. The molecule has 0 amide bonds. The predicted molar refractivity (Wildman–Crippen MR) is 80.0 cm³/mol. The third-order valence-corrected chi connectivity index (χ3v) is 6.39. The van der Waals surface area contributed by atoms with E-state index in [-0.39, 0.29) is 11.0 Å². The number of rotatable bonds is 4. The largest absolute Gasteiger partial charge is 0.228 e. The summed E-state index contributed by atoms with van der Waals surface area (Å²) in [5.74, 6) is -0.135. The van der Waals surface area contributed by atoms with Gasteiger partial charge in [-0.05, 0) is 24.3 Å². The van der Waals surface area contributed by atoms with E-state index in [4.69, 9.17) is 0 Å². The van der Waals surface area contributed by atoms with Gasteiger partial charge in [-0.1, -0.05) is 50.1 Å². The van der Waals surface area contributed by atoms with Gasteiger partial charge in [0.25, 0.3) is 0 Å². The van der Waals surface area contributed by atoms with E-state index in [1.807, 2.05) is 30.3 Å². The first-order chi connectivity index (χ1) is 9.53. The summed E-state index contributed by atoms with van der Waals surface area (Å²) < 4.78 is 25.0. The van der Waals surface area contributed by atoms with Gasteiger partial charge in [-0.15, -0.1) is 0 Å². The lowest BCUT2D eigenvalue weighted by atomic mass is 9.91. The molecule has 0 N–H and O–H groups in total. The summed E-state index contributed by atoms with van der Waals surface area (Å²) >= 11 is 0. The van der Waals surface area contributed by atoms with Crippen LogP contribution in [0, 0.1) is 17.2 Å². The molecule has 0 bridgehead atoms. The van der Waals surface area contributed by atoms with Crippen molar-refractivity contribution in [1.82, 2.24) is 0 Å². The summed E-state index contributed by atoms with van der Waals surface area (Å²) in [6.45, 7) is 2.11. The van der Waals surface area contributed by atoms with Crippen LogP contribution in [0.2, 0.25) is 0 Å². The molecule has 1 aromatic carbocycles. The second kappa shape index (κ2) is 6.41. The molecule has 4 heteroatoms. The van der Waals surface area contributed by atoms with E-state index in [9.17, 15) is 13.7 Å². The molecule has 1 aliphatic carbocycles. The van der Waals surface area contributed by atoms with Crippen LogP contribution in [0.15, 0.2) is 30.3 Å². The van der Waals surface area contributed by atoms with Crippen LogP contribution in [0.3, 0.4) is 0 Å². The molecule has 1 aromatic rings. The zero-order chi connectivity index (χ0) is 14.6. The molecule has 20 heavy (non-hydrogen) atoms. The summed E-state index contributed by atoms with van der Waals surface area (Å²) in [6, 6.07) is 11.4. The van der Waals surface area contributed by atoms with Crippen molar-refractivity contribution in [2.45, 2.75) is 43.8 Å². The summed E-state index contributed by atoms with van der Waals surface area (Å²) in [5, 5.41) is 9.02. The maximum Gasteiger partial charge on any atom is 0.154 e. The highest BCUT2D eigenvalue weighted by atomic mass is 32.2. The minimum Gasteiger partial charge on any atom is -0.228 e. The van der Waals surface area contributed by atoms with Gasteiger partial charge in [0.15, 0.2) is 9.84 Å². The molecule has 0 heterocycles. The van der Waals surface area contributed by atoms with Gasteiger partial charge >= 0.3 is 0 Å². The van der Waals surface area contributed by atoms with Crippen LogP contribution >= 0.6 is 0 Å². The van der Waals surface area contributed by atoms with Crippen LogP contribution in [0.25, 0.3) is 0 Å². The predicted octanol–water partition coefficient (Wildman–Crippen LogP) is 3.29. The molecule has 1 aliphatic rings. The summed E-state index contributed by atoms with van der Waals surface area (Å²) in [6.07, 6.45) is 3.59. The number of benzene rings is 1. The van der Waals surface area contributed by atoms with Gasteiger partial charge in [-0.3, -0.25) is 0 Å². The van der Waals surface area contributed by atoms with Crippen LogP contribution in [-0.2, 0) is 9.84 Å². The Kier molecular flexibility index (Phi) is 4.82. The molecular formula is C16H21NO2S. The van der Waals surface area contributed by atoms with E-state index < -0.39 is 15.8 Å². The van der Waals surface area contributed by atoms with Crippen LogP contribution in [0.1, 0.15) is 44.1 Å². The second-order valence-electron chi connectivity index (χ2n) is 5.82. The number of sulfone groups is 1. The van der Waals surface area contributed by atoms with E-state index in [0.29, 0.717) is 5.92 Å².